The van der Waals surface area contributed by atoms with Gasteiger partial charge in [0.25, 0.3) is 5.91 Å². The van der Waals surface area contributed by atoms with Crippen molar-refractivity contribution >= 4 is 29.3 Å². The maximum Gasteiger partial charge on any atom is 0.257 e. The Kier molecular flexibility index (Phi) is 5.42. The van der Waals surface area contributed by atoms with Crippen molar-refractivity contribution in [3.63, 3.8) is 0 Å². The van der Waals surface area contributed by atoms with Crippen molar-refractivity contribution in [2.24, 2.45) is 10.7 Å². The topological polar surface area (TPSA) is 75.8 Å². The highest BCUT2D eigenvalue weighted by atomic mass is 35.5. The summed E-state index contributed by atoms with van der Waals surface area (Å²) in [5.41, 5.74) is 5.87. The molecule has 0 fully saturated rings. The minimum Gasteiger partial charge on any atom is -0.369 e. The molecule has 1 unspecified atom stereocenters. The Morgan fingerprint density at radius 3 is 2.78 bits per heavy atom. The Labute approximate surface area is 141 Å². The molecule has 1 atom stereocenters. The molecule has 0 spiro atoms. The number of amides is 1. The number of rotatable bonds is 7. The predicted molar refractivity (Wildman–Crippen MR) is 91.2 cm³/mol. The number of hydrogen-bond donors (Lipinski definition) is 1. The molecule has 5 nitrogen and oxygen atoms in total. The van der Waals surface area contributed by atoms with Gasteiger partial charge in [-0.3, -0.25) is 14.5 Å². The zero-order valence-corrected chi connectivity index (χ0v) is 14.3. The molecule has 0 radical (unpaired) electrons. The molecule has 2 N–H and O–H groups in total. The van der Waals surface area contributed by atoms with E-state index in [0.29, 0.717) is 30.8 Å². The van der Waals surface area contributed by atoms with Crippen LogP contribution in [0.25, 0.3) is 0 Å². The summed E-state index contributed by atoms with van der Waals surface area (Å²) in [5, 5.41) is 0.609. The lowest BCUT2D eigenvalue weighted by Crippen LogP contribution is -2.42. The van der Waals surface area contributed by atoms with Gasteiger partial charge in [0.15, 0.2) is 5.96 Å². The Morgan fingerprint density at radius 1 is 1.39 bits per heavy atom. The number of aliphatic imine (C=N–C) groups is 1. The minimum absolute atomic E-state index is 0.156. The molecule has 0 saturated carbocycles. The molecular weight excluding hydrogens is 314 g/mol. The van der Waals surface area contributed by atoms with E-state index >= 15 is 0 Å². The molecule has 0 saturated heterocycles. The smallest absolute Gasteiger partial charge is 0.257 e. The second-order valence-electron chi connectivity index (χ2n) is 6.05. The van der Waals surface area contributed by atoms with E-state index in [2.05, 4.69) is 4.99 Å². The third-order valence-electron chi connectivity index (χ3n) is 3.99. The number of benzene rings is 1. The summed E-state index contributed by atoms with van der Waals surface area (Å²) in [6.45, 7) is 4.02. The Balaban J connectivity index is 2.06. The normalized spacial score (nSPS) is 20.7. The van der Waals surface area contributed by atoms with Crippen LogP contribution in [0.1, 0.15) is 45.1 Å². The van der Waals surface area contributed by atoms with Gasteiger partial charge in [0.2, 0.25) is 0 Å². The molecule has 124 valence electrons. The quantitative estimate of drug-likeness (QED) is 0.832. The van der Waals surface area contributed by atoms with Crippen molar-refractivity contribution in [1.29, 1.82) is 0 Å². The number of nitrogens with zero attached hydrogens (tertiary/aromatic N) is 2. The molecule has 0 aliphatic carbocycles. The Morgan fingerprint density at radius 2 is 2.13 bits per heavy atom. The van der Waals surface area contributed by atoms with Gasteiger partial charge in [-0.2, -0.15) is 0 Å². The lowest BCUT2D eigenvalue weighted by atomic mass is 9.93. The highest BCUT2D eigenvalue weighted by Gasteiger charge is 2.43. The van der Waals surface area contributed by atoms with Crippen LogP contribution in [-0.2, 0) is 16.1 Å². The monoisotopic (exact) mass is 335 g/mol. The maximum atomic E-state index is 12.7. The molecule has 0 bridgehead atoms. The van der Waals surface area contributed by atoms with E-state index in [1.165, 1.54) is 4.90 Å². The van der Waals surface area contributed by atoms with Crippen LogP contribution in [0.4, 0.5) is 0 Å². The van der Waals surface area contributed by atoms with Crippen molar-refractivity contribution < 1.29 is 9.59 Å². The average Bonchev–Trinajstić information content (AvgIpc) is 2.70. The van der Waals surface area contributed by atoms with Crippen molar-refractivity contribution in [3.8, 4) is 0 Å². The molecule has 1 aromatic rings. The predicted octanol–water partition coefficient (Wildman–Crippen LogP) is 2.91. The Bertz CT molecular complexity index is 644. The van der Waals surface area contributed by atoms with Crippen LogP contribution in [-0.4, -0.2) is 28.1 Å². The summed E-state index contributed by atoms with van der Waals surface area (Å²) in [7, 11) is 0. The van der Waals surface area contributed by atoms with Crippen LogP contribution < -0.4 is 5.73 Å². The summed E-state index contributed by atoms with van der Waals surface area (Å²) in [5.74, 6) is 0.184. The van der Waals surface area contributed by atoms with Crippen LogP contribution >= 0.6 is 11.6 Å². The fraction of sp³-hybridized carbons (Fsp3) is 0.471. The molecule has 2 rings (SSSR count). The van der Waals surface area contributed by atoms with E-state index < -0.39 is 5.54 Å². The maximum absolute atomic E-state index is 12.7. The number of halogens is 1. The molecule has 1 aliphatic heterocycles. The first-order valence-electron chi connectivity index (χ1n) is 7.79. The lowest BCUT2D eigenvalue weighted by molar-refractivity contribution is -0.131. The van der Waals surface area contributed by atoms with Gasteiger partial charge in [0.05, 0.1) is 6.54 Å². The summed E-state index contributed by atoms with van der Waals surface area (Å²) >= 11 is 5.97. The largest absolute Gasteiger partial charge is 0.369 e. The zero-order chi connectivity index (χ0) is 17.0. The first-order valence-corrected chi connectivity index (χ1v) is 8.17. The molecule has 1 heterocycles. The number of carbonyl (C=O) groups is 2. The molecule has 0 aromatic heterocycles. The zero-order valence-electron chi connectivity index (χ0n) is 13.5. The van der Waals surface area contributed by atoms with E-state index in [0.717, 1.165) is 12.0 Å². The molecule has 1 aliphatic rings. The van der Waals surface area contributed by atoms with Gasteiger partial charge in [-0.05, 0) is 37.5 Å². The highest BCUT2D eigenvalue weighted by molar-refractivity contribution is 6.30. The number of Topliss-reactive ketones (excluding diaryl/α,β-unsaturated/α-hetero) is 1. The van der Waals surface area contributed by atoms with E-state index in [1.807, 2.05) is 19.1 Å². The molecule has 1 amide bonds. The van der Waals surface area contributed by atoms with Crippen molar-refractivity contribution in [2.45, 2.75) is 51.6 Å². The van der Waals surface area contributed by atoms with Crippen molar-refractivity contribution in [2.75, 3.05) is 0 Å². The summed E-state index contributed by atoms with van der Waals surface area (Å²) in [6.07, 6.45) is 2.08. The van der Waals surface area contributed by atoms with Gasteiger partial charge in [-0.25, -0.2) is 4.99 Å². The molecule has 6 heteroatoms. The van der Waals surface area contributed by atoms with E-state index in [1.54, 1.807) is 19.1 Å². The van der Waals surface area contributed by atoms with Gasteiger partial charge in [-0.15, -0.1) is 0 Å². The highest BCUT2D eigenvalue weighted by Crippen LogP contribution is 2.28. The number of carbonyl (C=O) groups excluding carboxylic acids is 2. The van der Waals surface area contributed by atoms with Gasteiger partial charge >= 0.3 is 0 Å². The minimum atomic E-state index is -0.952. The first kappa shape index (κ1) is 17.5. The fourth-order valence-electron chi connectivity index (χ4n) is 2.68. The number of nitrogens with two attached hydrogens (primary N) is 1. The first-order chi connectivity index (χ1) is 10.9. The van der Waals surface area contributed by atoms with Crippen LogP contribution in [0.15, 0.2) is 29.3 Å². The van der Waals surface area contributed by atoms with E-state index in [9.17, 15) is 9.59 Å². The van der Waals surface area contributed by atoms with Crippen molar-refractivity contribution in [1.82, 2.24) is 4.90 Å². The summed E-state index contributed by atoms with van der Waals surface area (Å²) in [6, 6.07) is 7.28. The lowest BCUT2D eigenvalue weighted by Gasteiger charge is -2.22. The SMILES string of the molecule is CCCC(=O)CCC1(C)N=C(N)N(Cc2cccc(Cl)c2)C1=O. The fourth-order valence-corrected chi connectivity index (χ4v) is 2.89. The Hall–Kier alpha value is -1.88. The number of guanidine groups is 1. The van der Waals surface area contributed by atoms with E-state index in [-0.39, 0.29) is 17.6 Å². The third-order valence-corrected chi connectivity index (χ3v) is 4.23. The number of hydrogen-bond acceptors (Lipinski definition) is 4. The second kappa shape index (κ2) is 7.13. The molecule has 1 aromatic carbocycles. The van der Waals surface area contributed by atoms with Crippen LogP contribution in [0.3, 0.4) is 0 Å². The van der Waals surface area contributed by atoms with Crippen LogP contribution in [0, 0.1) is 0 Å². The van der Waals surface area contributed by atoms with Crippen molar-refractivity contribution in [3.05, 3.63) is 34.9 Å². The third kappa shape index (κ3) is 4.10. The number of ketones is 1. The van der Waals surface area contributed by atoms with Gasteiger partial charge < -0.3 is 5.73 Å². The van der Waals surface area contributed by atoms with Crippen LogP contribution in [0.5, 0.6) is 0 Å². The molecular formula is C17H22ClN3O2. The molecule has 23 heavy (non-hydrogen) atoms. The van der Waals surface area contributed by atoms with Gasteiger partial charge in [-0.1, -0.05) is 30.7 Å². The standard InChI is InChI=1S/C17H22ClN3O2/c1-3-5-14(22)8-9-17(2)15(23)21(16(19)20-17)11-12-6-4-7-13(18)10-12/h4,6-7,10H,3,5,8-9,11H2,1-2H3,(H2,19,20). The summed E-state index contributed by atoms with van der Waals surface area (Å²) < 4.78 is 0. The van der Waals surface area contributed by atoms with Gasteiger partial charge in [0.1, 0.15) is 11.3 Å². The van der Waals surface area contributed by atoms with E-state index in [4.69, 9.17) is 17.3 Å². The van der Waals surface area contributed by atoms with Crippen LogP contribution in [0.2, 0.25) is 5.02 Å². The second-order valence-corrected chi connectivity index (χ2v) is 6.49. The van der Waals surface area contributed by atoms with Gasteiger partial charge in [0, 0.05) is 17.9 Å². The summed E-state index contributed by atoms with van der Waals surface area (Å²) in [4.78, 5) is 30.2. The average molecular weight is 336 g/mol.